The number of aryl methyl sites for hydroxylation is 1. The second kappa shape index (κ2) is 12.3. The van der Waals surface area contributed by atoms with E-state index in [1.54, 1.807) is 18.9 Å². The molecule has 1 fully saturated rings. The van der Waals surface area contributed by atoms with Gasteiger partial charge in [0.05, 0.1) is 12.8 Å². The summed E-state index contributed by atoms with van der Waals surface area (Å²) in [6, 6.07) is 11.5. The summed E-state index contributed by atoms with van der Waals surface area (Å²) < 4.78 is 11.9. The summed E-state index contributed by atoms with van der Waals surface area (Å²) in [5.74, 6) is 1.46. The number of nitrogens with zero attached hydrogens (tertiary/aromatic N) is 3. The fourth-order valence-corrected chi connectivity index (χ4v) is 4.97. The lowest BCUT2D eigenvalue weighted by Crippen LogP contribution is -2.45. The van der Waals surface area contributed by atoms with Crippen LogP contribution in [0.25, 0.3) is 0 Å². The van der Waals surface area contributed by atoms with Crippen molar-refractivity contribution in [3.8, 4) is 11.5 Å². The van der Waals surface area contributed by atoms with E-state index in [-0.39, 0.29) is 11.8 Å². The predicted octanol–water partition coefficient (Wildman–Crippen LogP) is 4.32. The largest absolute Gasteiger partial charge is 0.497 e. The standard InChI is InChI=1S/C29H40N4O4/c1-5-6-7-14-33(21(2)34)24-11-9-23(10-12-24)30-29(35)27-13-8-22-19-25(36-4)20-26(28(22)37-27)32-17-15-31(3)16-18-32/h9-12,19-20,27H,5-8,13-18H2,1-4H3,(H,30,35). The number of hydrogen-bond acceptors (Lipinski definition) is 6. The van der Waals surface area contributed by atoms with Gasteiger partial charge in [-0.1, -0.05) is 19.8 Å². The monoisotopic (exact) mass is 508 g/mol. The van der Waals surface area contributed by atoms with Gasteiger partial charge in [-0.25, -0.2) is 0 Å². The number of carbonyl (C=O) groups is 2. The van der Waals surface area contributed by atoms with Crippen molar-refractivity contribution in [2.24, 2.45) is 0 Å². The smallest absolute Gasteiger partial charge is 0.265 e. The molecule has 1 atom stereocenters. The lowest BCUT2D eigenvalue weighted by molar-refractivity contribution is -0.123. The fourth-order valence-electron chi connectivity index (χ4n) is 4.97. The summed E-state index contributed by atoms with van der Waals surface area (Å²) in [5.41, 5.74) is 3.61. The highest BCUT2D eigenvalue weighted by molar-refractivity contribution is 5.96. The fraction of sp³-hybridized carbons (Fsp3) is 0.517. The number of ether oxygens (including phenoxy) is 2. The van der Waals surface area contributed by atoms with Crippen LogP contribution in [0.1, 0.15) is 45.1 Å². The van der Waals surface area contributed by atoms with Crippen LogP contribution < -0.4 is 24.6 Å². The topological polar surface area (TPSA) is 74.4 Å². The third-order valence-electron chi connectivity index (χ3n) is 7.24. The Kier molecular flexibility index (Phi) is 8.92. The molecule has 0 spiro atoms. The zero-order valence-electron chi connectivity index (χ0n) is 22.6. The number of carbonyl (C=O) groups excluding carboxylic acids is 2. The van der Waals surface area contributed by atoms with Gasteiger partial charge in [-0.2, -0.15) is 0 Å². The van der Waals surface area contributed by atoms with E-state index in [4.69, 9.17) is 9.47 Å². The molecule has 2 heterocycles. The van der Waals surface area contributed by atoms with Crippen LogP contribution >= 0.6 is 0 Å². The molecule has 2 aromatic carbocycles. The van der Waals surface area contributed by atoms with Gasteiger partial charge in [0.2, 0.25) is 5.91 Å². The Bertz CT molecular complexity index is 1080. The first kappa shape index (κ1) is 26.8. The molecule has 2 amide bonds. The number of benzene rings is 2. The van der Waals surface area contributed by atoms with E-state index in [2.05, 4.69) is 29.1 Å². The van der Waals surface area contributed by atoms with Crippen molar-refractivity contribution in [1.29, 1.82) is 0 Å². The van der Waals surface area contributed by atoms with Crippen molar-refractivity contribution in [3.05, 3.63) is 42.0 Å². The molecule has 0 aromatic heterocycles. The SMILES string of the molecule is CCCCCN(C(C)=O)c1ccc(NC(=O)C2CCc3cc(OC)cc(N4CCN(C)CC4)c3O2)cc1. The summed E-state index contributed by atoms with van der Waals surface area (Å²) in [6.07, 6.45) is 3.93. The van der Waals surface area contributed by atoms with E-state index in [9.17, 15) is 9.59 Å². The van der Waals surface area contributed by atoms with Gasteiger partial charge in [0.15, 0.2) is 6.10 Å². The molecule has 1 saturated heterocycles. The van der Waals surface area contributed by atoms with Crippen LogP contribution in [0.15, 0.2) is 36.4 Å². The molecule has 200 valence electrons. The number of piperazine rings is 1. The number of hydrogen-bond donors (Lipinski definition) is 1. The van der Waals surface area contributed by atoms with E-state index < -0.39 is 6.10 Å². The number of nitrogens with one attached hydrogen (secondary N) is 1. The van der Waals surface area contributed by atoms with Crippen molar-refractivity contribution in [1.82, 2.24) is 4.90 Å². The minimum atomic E-state index is -0.574. The average molecular weight is 509 g/mol. The van der Waals surface area contributed by atoms with E-state index in [0.29, 0.717) is 18.7 Å². The number of rotatable bonds is 9. The molecule has 8 nitrogen and oxygen atoms in total. The Hall–Kier alpha value is -3.26. The van der Waals surface area contributed by atoms with E-state index in [1.165, 1.54) is 0 Å². The van der Waals surface area contributed by atoms with Gasteiger partial charge < -0.3 is 29.5 Å². The highest BCUT2D eigenvalue weighted by Crippen LogP contribution is 2.41. The third-order valence-corrected chi connectivity index (χ3v) is 7.24. The second-order valence-electron chi connectivity index (χ2n) is 9.98. The third kappa shape index (κ3) is 6.55. The summed E-state index contributed by atoms with van der Waals surface area (Å²) in [6.45, 7) is 8.19. The molecular weight excluding hydrogens is 468 g/mol. The number of amides is 2. The Morgan fingerprint density at radius 1 is 1.11 bits per heavy atom. The van der Waals surface area contributed by atoms with Gasteiger partial charge in [-0.15, -0.1) is 0 Å². The number of fused-ring (bicyclic) bond motifs is 1. The molecule has 1 N–H and O–H groups in total. The molecule has 0 bridgehead atoms. The van der Waals surface area contributed by atoms with Crippen molar-refractivity contribution in [2.75, 3.05) is 62.0 Å². The molecule has 4 rings (SSSR count). The summed E-state index contributed by atoms with van der Waals surface area (Å²) in [7, 11) is 3.81. The number of anilines is 3. The molecule has 0 radical (unpaired) electrons. The Labute approximate surface area is 220 Å². The van der Waals surface area contributed by atoms with Crippen molar-refractivity contribution in [2.45, 2.75) is 52.1 Å². The lowest BCUT2D eigenvalue weighted by Gasteiger charge is -2.37. The molecule has 2 aliphatic heterocycles. The van der Waals surface area contributed by atoms with Gasteiger partial charge in [0.25, 0.3) is 5.91 Å². The average Bonchev–Trinajstić information content (AvgIpc) is 2.91. The summed E-state index contributed by atoms with van der Waals surface area (Å²) in [5, 5.41) is 3.01. The van der Waals surface area contributed by atoms with Crippen LogP contribution in [-0.2, 0) is 16.0 Å². The van der Waals surface area contributed by atoms with Gasteiger partial charge in [0.1, 0.15) is 11.5 Å². The number of likely N-dealkylation sites (N-methyl/N-ethyl adjacent to an activating group) is 1. The highest BCUT2D eigenvalue weighted by Gasteiger charge is 2.31. The zero-order chi connectivity index (χ0) is 26.4. The normalized spacial score (nSPS) is 17.5. The van der Waals surface area contributed by atoms with Gasteiger partial charge in [-0.05, 0) is 56.6 Å². The molecule has 2 aromatic rings. The summed E-state index contributed by atoms with van der Waals surface area (Å²) >= 11 is 0. The maximum atomic E-state index is 13.2. The van der Waals surface area contributed by atoms with Crippen LogP contribution in [0.5, 0.6) is 11.5 Å². The first-order valence-electron chi connectivity index (χ1n) is 13.4. The highest BCUT2D eigenvalue weighted by atomic mass is 16.5. The van der Waals surface area contributed by atoms with Crippen LogP contribution in [-0.4, -0.2) is 69.7 Å². The van der Waals surface area contributed by atoms with Crippen LogP contribution in [0.4, 0.5) is 17.1 Å². The van der Waals surface area contributed by atoms with Gasteiger partial charge >= 0.3 is 0 Å². The molecule has 2 aliphatic rings. The predicted molar refractivity (Wildman–Crippen MR) is 148 cm³/mol. The van der Waals surface area contributed by atoms with Crippen molar-refractivity contribution >= 4 is 28.9 Å². The first-order valence-corrected chi connectivity index (χ1v) is 13.4. The molecule has 37 heavy (non-hydrogen) atoms. The molecule has 8 heteroatoms. The minimum Gasteiger partial charge on any atom is -0.497 e. The Morgan fingerprint density at radius 2 is 1.84 bits per heavy atom. The molecule has 1 unspecified atom stereocenters. The molecule has 0 aliphatic carbocycles. The van der Waals surface area contributed by atoms with Crippen LogP contribution in [0.2, 0.25) is 0 Å². The molecule has 0 saturated carbocycles. The zero-order valence-corrected chi connectivity index (χ0v) is 22.6. The van der Waals surface area contributed by atoms with Crippen LogP contribution in [0.3, 0.4) is 0 Å². The van der Waals surface area contributed by atoms with E-state index in [0.717, 1.165) is 80.3 Å². The minimum absolute atomic E-state index is 0.0231. The maximum absolute atomic E-state index is 13.2. The maximum Gasteiger partial charge on any atom is 0.265 e. The van der Waals surface area contributed by atoms with Crippen molar-refractivity contribution in [3.63, 3.8) is 0 Å². The Morgan fingerprint density at radius 3 is 2.49 bits per heavy atom. The van der Waals surface area contributed by atoms with Crippen LogP contribution in [0, 0.1) is 0 Å². The summed E-state index contributed by atoms with van der Waals surface area (Å²) in [4.78, 5) is 31.7. The second-order valence-corrected chi connectivity index (χ2v) is 9.98. The molecular formula is C29H40N4O4. The first-order chi connectivity index (χ1) is 17.9. The lowest BCUT2D eigenvalue weighted by atomic mass is 9.99. The van der Waals surface area contributed by atoms with Crippen molar-refractivity contribution < 1.29 is 19.1 Å². The Balaban J connectivity index is 1.44. The van der Waals surface area contributed by atoms with Gasteiger partial charge in [0, 0.05) is 62.7 Å². The number of methoxy groups -OCH3 is 1. The number of unbranched alkanes of at least 4 members (excludes halogenated alkanes) is 2. The van der Waals surface area contributed by atoms with E-state index >= 15 is 0 Å². The quantitative estimate of drug-likeness (QED) is 0.509. The van der Waals surface area contributed by atoms with E-state index in [1.807, 2.05) is 36.4 Å². The van der Waals surface area contributed by atoms with Gasteiger partial charge in [-0.3, -0.25) is 9.59 Å².